The van der Waals surface area contributed by atoms with Gasteiger partial charge in [-0.2, -0.15) is 0 Å². The van der Waals surface area contributed by atoms with Crippen LogP contribution in [0.4, 0.5) is 5.69 Å². The topological polar surface area (TPSA) is 87.9 Å². The monoisotopic (exact) mass is 432 g/mol. The van der Waals surface area contributed by atoms with Crippen molar-refractivity contribution in [3.8, 4) is 5.75 Å². The third-order valence-corrected chi connectivity index (χ3v) is 5.33. The Labute approximate surface area is 187 Å². The normalized spacial score (nSPS) is 17.1. The second kappa shape index (κ2) is 9.18. The number of amides is 1. The van der Waals surface area contributed by atoms with E-state index >= 15 is 0 Å². The summed E-state index contributed by atoms with van der Waals surface area (Å²) in [5, 5.41) is 9.72. The number of carbonyl (C=O) groups excluding carboxylic acids is 1. The molecular weight excluding hydrogens is 404 g/mol. The summed E-state index contributed by atoms with van der Waals surface area (Å²) < 4.78 is 11.2. The van der Waals surface area contributed by atoms with E-state index in [4.69, 9.17) is 9.15 Å². The Morgan fingerprint density at radius 1 is 1.09 bits per heavy atom. The molecule has 1 unspecified atom stereocenters. The second-order valence-electron chi connectivity index (χ2n) is 8.35. The summed E-state index contributed by atoms with van der Waals surface area (Å²) in [6.45, 7) is 4.79. The third-order valence-electron chi connectivity index (χ3n) is 5.33. The maximum atomic E-state index is 12.1. The largest absolute Gasteiger partial charge is 0.487 e. The number of nitrogens with one attached hydrogen (secondary N) is 3. The van der Waals surface area contributed by atoms with Crippen molar-refractivity contribution in [2.75, 3.05) is 12.4 Å². The minimum atomic E-state index is -0.273. The molecule has 7 nitrogen and oxygen atoms in total. The van der Waals surface area contributed by atoms with Gasteiger partial charge in [0, 0.05) is 31.3 Å². The van der Waals surface area contributed by atoms with Gasteiger partial charge in [-0.3, -0.25) is 9.79 Å². The SMILES string of the molecule is CN=C(NCc1ccc(NC(=O)c2ccco2)cc1)NC1CC(C)(C)Oc2ccccc21. The van der Waals surface area contributed by atoms with Crippen LogP contribution in [0.15, 0.2) is 76.3 Å². The number of rotatable bonds is 5. The molecule has 0 saturated heterocycles. The number of carbonyl (C=O) groups is 1. The van der Waals surface area contributed by atoms with E-state index in [2.05, 4.69) is 40.9 Å². The van der Waals surface area contributed by atoms with Crippen LogP contribution in [0.5, 0.6) is 5.75 Å². The lowest BCUT2D eigenvalue weighted by Crippen LogP contribution is -2.45. The smallest absolute Gasteiger partial charge is 0.291 e. The Hall–Kier alpha value is -3.74. The van der Waals surface area contributed by atoms with Crippen molar-refractivity contribution in [2.24, 2.45) is 4.99 Å². The summed E-state index contributed by atoms with van der Waals surface area (Å²) in [5.74, 6) is 1.63. The van der Waals surface area contributed by atoms with Gasteiger partial charge in [-0.05, 0) is 49.7 Å². The Morgan fingerprint density at radius 3 is 2.59 bits per heavy atom. The lowest BCUT2D eigenvalue weighted by Gasteiger charge is -2.38. The zero-order chi connectivity index (χ0) is 22.6. The van der Waals surface area contributed by atoms with Gasteiger partial charge in [-0.15, -0.1) is 0 Å². The van der Waals surface area contributed by atoms with Gasteiger partial charge in [0.15, 0.2) is 11.7 Å². The first-order chi connectivity index (χ1) is 15.4. The summed E-state index contributed by atoms with van der Waals surface area (Å²) in [5.41, 5.74) is 2.64. The molecule has 32 heavy (non-hydrogen) atoms. The molecule has 3 aromatic rings. The molecule has 2 heterocycles. The molecule has 0 aliphatic carbocycles. The summed E-state index contributed by atoms with van der Waals surface area (Å²) in [4.78, 5) is 16.5. The van der Waals surface area contributed by atoms with Crippen LogP contribution < -0.4 is 20.7 Å². The average Bonchev–Trinajstić information content (AvgIpc) is 3.32. The zero-order valence-electron chi connectivity index (χ0n) is 18.5. The minimum Gasteiger partial charge on any atom is -0.487 e. The van der Waals surface area contributed by atoms with Gasteiger partial charge in [0.05, 0.1) is 12.3 Å². The van der Waals surface area contributed by atoms with Crippen LogP contribution in [0.2, 0.25) is 0 Å². The van der Waals surface area contributed by atoms with Crippen molar-refractivity contribution in [1.82, 2.24) is 10.6 Å². The van der Waals surface area contributed by atoms with Gasteiger partial charge < -0.3 is 25.1 Å². The van der Waals surface area contributed by atoms with Gasteiger partial charge in [-0.25, -0.2) is 0 Å². The highest BCUT2D eigenvalue weighted by Crippen LogP contribution is 2.39. The fourth-order valence-corrected chi connectivity index (χ4v) is 3.78. The standard InChI is InChI=1S/C25H28N4O3/c1-25(2)15-20(19-7-4-5-8-21(19)32-25)29-24(26-3)27-16-17-10-12-18(13-11-17)28-23(30)22-9-6-14-31-22/h4-14,20H,15-16H2,1-3H3,(H,28,30)(H2,26,27,29). The molecule has 1 amide bonds. The molecule has 1 aromatic heterocycles. The summed E-state index contributed by atoms with van der Waals surface area (Å²) >= 11 is 0. The number of para-hydroxylation sites is 1. The number of nitrogens with zero attached hydrogens (tertiary/aromatic N) is 1. The fraction of sp³-hybridized carbons (Fsp3) is 0.280. The van der Waals surface area contributed by atoms with E-state index in [9.17, 15) is 4.79 Å². The molecule has 0 bridgehead atoms. The van der Waals surface area contributed by atoms with E-state index in [-0.39, 0.29) is 23.3 Å². The zero-order valence-corrected chi connectivity index (χ0v) is 18.5. The molecule has 0 fully saturated rings. The molecule has 0 spiro atoms. The molecule has 1 aliphatic heterocycles. The Balaban J connectivity index is 1.35. The Morgan fingerprint density at radius 2 is 1.88 bits per heavy atom. The number of hydrogen-bond donors (Lipinski definition) is 3. The number of anilines is 1. The van der Waals surface area contributed by atoms with Gasteiger partial charge in [-0.1, -0.05) is 30.3 Å². The van der Waals surface area contributed by atoms with E-state index in [1.807, 2.05) is 42.5 Å². The lowest BCUT2D eigenvalue weighted by atomic mass is 9.90. The average molecular weight is 433 g/mol. The first-order valence-corrected chi connectivity index (χ1v) is 10.6. The number of fused-ring (bicyclic) bond motifs is 1. The molecule has 1 aliphatic rings. The van der Waals surface area contributed by atoms with E-state index in [0.29, 0.717) is 12.2 Å². The van der Waals surface area contributed by atoms with Crippen LogP contribution in [0.3, 0.4) is 0 Å². The molecule has 2 aromatic carbocycles. The highest BCUT2D eigenvalue weighted by molar-refractivity contribution is 6.02. The van der Waals surface area contributed by atoms with E-state index < -0.39 is 0 Å². The van der Waals surface area contributed by atoms with Crippen molar-refractivity contribution in [3.63, 3.8) is 0 Å². The highest BCUT2D eigenvalue weighted by Gasteiger charge is 2.33. The molecule has 0 saturated carbocycles. The van der Waals surface area contributed by atoms with Gasteiger partial charge in [0.25, 0.3) is 5.91 Å². The number of benzene rings is 2. The van der Waals surface area contributed by atoms with Crippen molar-refractivity contribution < 1.29 is 13.9 Å². The first-order valence-electron chi connectivity index (χ1n) is 10.6. The summed E-state index contributed by atoms with van der Waals surface area (Å²) in [7, 11) is 1.76. The van der Waals surface area contributed by atoms with Gasteiger partial charge in [0.2, 0.25) is 0 Å². The molecule has 7 heteroatoms. The predicted molar refractivity (Wildman–Crippen MR) is 125 cm³/mol. The Bertz CT molecular complexity index is 1090. The number of furan rings is 1. The highest BCUT2D eigenvalue weighted by atomic mass is 16.5. The van der Waals surface area contributed by atoms with Crippen LogP contribution in [-0.4, -0.2) is 24.5 Å². The van der Waals surface area contributed by atoms with E-state index in [1.165, 1.54) is 6.26 Å². The van der Waals surface area contributed by atoms with Crippen molar-refractivity contribution in [1.29, 1.82) is 0 Å². The third kappa shape index (κ3) is 5.11. The summed E-state index contributed by atoms with van der Waals surface area (Å²) in [6, 6.07) is 19.2. The van der Waals surface area contributed by atoms with Crippen LogP contribution in [0.25, 0.3) is 0 Å². The van der Waals surface area contributed by atoms with Gasteiger partial charge >= 0.3 is 0 Å². The van der Waals surface area contributed by atoms with Crippen LogP contribution >= 0.6 is 0 Å². The number of guanidine groups is 1. The molecule has 1 atom stereocenters. The van der Waals surface area contributed by atoms with E-state index in [1.54, 1.807) is 19.2 Å². The Kier molecular flexibility index (Phi) is 6.16. The second-order valence-corrected chi connectivity index (χ2v) is 8.35. The maximum Gasteiger partial charge on any atom is 0.291 e. The maximum absolute atomic E-state index is 12.1. The van der Waals surface area contributed by atoms with Crippen molar-refractivity contribution in [2.45, 2.75) is 38.5 Å². The number of aliphatic imine (C=N–C) groups is 1. The quantitative estimate of drug-likeness (QED) is 0.408. The van der Waals surface area contributed by atoms with Crippen LogP contribution in [0.1, 0.15) is 48.0 Å². The molecular formula is C25H28N4O3. The van der Waals surface area contributed by atoms with Crippen LogP contribution in [0, 0.1) is 0 Å². The first kappa shape index (κ1) is 21.5. The molecule has 3 N–H and O–H groups in total. The minimum absolute atomic E-state index is 0.0975. The summed E-state index contributed by atoms with van der Waals surface area (Å²) in [6.07, 6.45) is 2.30. The van der Waals surface area contributed by atoms with Crippen molar-refractivity contribution in [3.05, 3.63) is 83.8 Å². The number of ether oxygens (including phenoxy) is 1. The van der Waals surface area contributed by atoms with Gasteiger partial charge in [0.1, 0.15) is 11.4 Å². The molecule has 0 radical (unpaired) electrons. The lowest BCUT2D eigenvalue weighted by molar-refractivity contribution is 0.0694. The van der Waals surface area contributed by atoms with Crippen molar-refractivity contribution >= 4 is 17.6 Å². The number of hydrogen-bond acceptors (Lipinski definition) is 4. The molecule has 166 valence electrons. The predicted octanol–water partition coefficient (Wildman–Crippen LogP) is 4.50. The molecule has 4 rings (SSSR count). The van der Waals surface area contributed by atoms with Crippen LogP contribution in [-0.2, 0) is 6.54 Å². The fourth-order valence-electron chi connectivity index (χ4n) is 3.78. The van der Waals surface area contributed by atoms with E-state index in [0.717, 1.165) is 29.3 Å².